The van der Waals surface area contributed by atoms with Crippen LogP contribution in [0.2, 0.25) is 0 Å². The van der Waals surface area contributed by atoms with Crippen LogP contribution in [0.1, 0.15) is 33.6 Å². The molecule has 0 radical (unpaired) electrons. The molecule has 0 spiro atoms. The zero-order valence-corrected chi connectivity index (χ0v) is 11.5. The second kappa shape index (κ2) is 5.82. The monoisotopic (exact) mass is 263 g/mol. The molecule has 17 heavy (non-hydrogen) atoms. The fourth-order valence-corrected chi connectivity index (χ4v) is 3.68. The Bertz CT molecular complexity index is 360. The van der Waals surface area contributed by atoms with Crippen molar-refractivity contribution in [1.82, 2.24) is 4.31 Å². The lowest BCUT2D eigenvalue weighted by Crippen LogP contribution is -2.42. The molecule has 0 aromatic carbocycles. The van der Waals surface area contributed by atoms with Crippen LogP contribution in [0.4, 0.5) is 0 Å². The minimum Gasteiger partial charge on any atom is -0.465 e. The minimum atomic E-state index is -3.34. The van der Waals surface area contributed by atoms with E-state index in [9.17, 15) is 13.2 Å². The van der Waals surface area contributed by atoms with Crippen molar-refractivity contribution < 1.29 is 17.9 Å². The van der Waals surface area contributed by atoms with Crippen molar-refractivity contribution in [3.05, 3.63) is 0 Å². The first-order chi connectivity index (χ1) is 7.86. The molecule has 1 fully saturated rings. The maximum absolute atomic E-state index is 12.1. The molecule has 1 aliphatic rings. The zero-order chi connectivity index (χ0) is 13.1. The highest BCUT2D eigenvalue weighted by Gasteiger charge is 2.34. The van der Waals surface area contributed by atoms with E-state index in [2.05, 4.69) is 0 Å². The molecule has 0 saturated heterocycles. The van der Waals surface area contributed by atoms with E-state index >= 15 is 0 Å². The van der Waals surface area contributed by atoms with Crippen LogP contribution in [-0.2, 0) is 19.6 Å². The Morgan fingerprint density at radius 2 is 2.00 bits per heavy atom. The van der Waals surface area contributed by atoms with Crippen LogP contribution in [0, 0.1) is 5.92 Å². The summed E-state index contributed by atoms with van der Waals surface area (Å²) in [5, 5.41) is 0. The summed E-state index contributed by atoms with van der Waals surface area (Å²) in [6, 6.07) is -0.219. The summed E-state index contributed by atoms with van der Waals surface area (Å²) in [7, 11) is -3.34. The maximum atomic E-state index is 12.1. The van der Waals surface area contributed by atoms with Gasteiger partial charge in [-0.05, 0) is 39.5 Å². The van der Waals surface area contributed by atoms with E-state index in [0.717, 1.165) is 12.8 Å². The van der Waals surface area contributed by atoms with Crippen LogP contribution >= 0.6 is 0 Å². The highest BCUT2D eigenvalue weighted by Crippen LogP contribution is 2.31. The van der Waals surface area contributed by atoms with Gasteiger partial charge in [0.05, 0.1) is 12.4 Å². The Kier molecular flexibility index (Phi) is 4.94. The largest absolute Gasteiger partial charge is 0.465 e. The third-order valence-electron chi connectivity index (χ3n) is 2.67. The maximum Gasteiger partial charge on any atom is 0.321 e. The molecular formula is C11H21NO4S. The van der Waals surface area contributed by atoms with Crippen molar-refractivity contribution in [2.75, 3.05) is 18.9 Å². The molecule has 0 unspecified atom stereocenters. The van der Waals surface area contributed by atoms with Crippen molar-refractivity contribution in [3.63, 3.8) is 0 Å². The van der Waals surface area contributed by atoms with Gasteiger partial charge in [0.2, 0.25) is 10.0 Å². The Balaban J connectivity index is 2.66. The number of sulfonamides is 1. The molecule has 100 valence electrons. The number of carbonyl (C=O) groups is 1. The number of esters is 1. The van der Waals surface area contributed by atoms with Gasteiger partial charge in [0.15, 0.2) is 0 Å². The first kappa shape index (κ1) is 14.4. The molecule has 0 aromatic heterocycles. The van der Waals surface area contributed by atoms with E-state index in [1.807, 2.05) is 0 Å². The van der Waals surface area contributed by atoms with E-state index in [-0.39, 0.29) is 30.9 Å². The average Bonchev–Trinajstić information content (AvgIpc) is 2.97. The SMILES string of the molecule is CCOC(=O)CN(C(C)C)S(=O)(=O)CC1CC1. The molecule has 1 rings (SSSR count). The van der Waals surface area contributed by atoms with E-state index in [0.29, 0.717) is 0 Å². The lowest BCUT2D eigenvalue weighted by Gasteiger charge is -2.24. The first-order valence-corrected chi connectivity index (χ1v) is 7.63. The summed E-state index contributed by atoms with van der Waals surface area (Å²) in [6.45, 7) is 5.33. The van der Waals surface area contributed by atoms with Crippen LogP contribution in [-0.4, -0.2) is 43.6 Å². The number of hydrogen-bond donors (Lipinski definition) is 0. The summed E-state index contributed by atoms with van der Waals surface area (Å²) >= 11 is 0. The van der Waals surface area contributed by atoms with Crippen molar-refractivity contribution >= 4 is 16.0 Å². The Morgan fingerprint density at radius 1 is 1.41 bits per heavy atom. The van der Waals surface area contributed by atoms with Gasteiger partial charge in [0, 0.05) is 6.04 Å². The van der Waals surface area contributed by atoms with Gasteiger partial charge in [-0.1, -0.05) is 0 Å². The zero-order valence-electron chi connectivity index (χ0n) is 10.7. The van der Waals surface area contributed by atoms with Crippen molar-refractivity contribution in [1.29, 1.82) is 0 Å². The molecule has 0 amide bonds. The minimum absolute atomic E-state index is 0.157. The molecule has 1 aliphatic carbocycles. The number of ether oxygens (including phenoxy) is 1. The lowest BCUT2D eigenvalue weighted by atomic mass is 10.4. The van der Waals surface area contributed by atoms with Crippen molar-refractivity contribution in [2.24, 2.45) is 5.92 Å². The van der Waals surface area contributed by atoms with Gasteiger partial charge < -0.3 is 4.74 Å². The van der Waals surface area contributed by atoms with Gasteiger partial charge in [-0.2, -0.15) is 4.31 Å². The standard InChI is InChI=1S/C11H21NO4S/c1-4-16-11(13)7-12(9(2)3)17(14,15)8-10-5-6-10/h9-10H,4-8H2,1-3H3. The summed E-state index contributed by atoms with van der Waals surface area (Å²) < 4.78 is 30.2. The quantitative estimate of drug-likeness (QED) is 0.643. The average molecular weight is 263 g/mol. The van der Waals surface area contributed by atoms with Gasteiger partial charge in [-0.25, -0.2) is 8.42 Å². The molecular weight excluding hydrogens is 242 g/mol. The molecule has 6 heteroatoms. The van der Waals surface area contributed by atoms with E-state index < -0.39 is 16.0 Å². The van der Waals surface area contributed by atoms with Crippen LogP contribution in [0.15, 0.2) is 0 Å². The smallest absolute Gasteiger partial charge is 0.321 e. The number of hydrogen-bond acceptors (Lipinski definition) is 4. The summed E-state index contributed by atoms with van der Waals surface area (Å²) in [6.07, 6.45) is 1.95. The van der Waals surface area contributed by atoms with Crippen molar-refractivity contribution in [2.45, 2.75) is 39.7 Å². The molecule has 0 heterocycles. The Hall–Kier alpha value is -0.620. The van der Waals surface area contributed by atoms with Gasteiger partial charge >= 0.3 is 5.97 Å². The molecule has 0 atom stereocenters. The topological polar surface area (TPSA) is 63.7 Å². The first-order valence-electron chi connectivity index (χ1n) is 6.02. The number of carbonyl (C=O) groups excluding carboxylic acids is 1. The van der Waals surface area contributed by atoms with Gasteiger partial charge in [0.25, 0.3) is 0 Å². The molecule has 0 aromatic rings. The summed E-state index contributed by atoms with van der Waals surface area (Å²) in [5.74, 6) is -0.0473. The van der Waals surface area contributed by atoms with Crippen LogP contribution in [0.5, 0.6) is 0 Å². The highest BCUT2D eigenvalue weighted by molar-refractivity contribution is 7.89. The lowest BCUT2D eigenvalue weighted by molar-refractivity contribution is -0.143. The van der Waals surface area contributed by atoms with E-state index in [1.165, 1.54) is 4.31 Å². The third kappa shape index (κ3) is 4.63. The highest BCUT2D eigenvalue weighted by atomic mass is 32.2. The molecule has 0 N–H and O–H groups in total. The Morgan fingerprint density at radius 3 is 2.41 bits per heavy atom. The Labute approximate surface area is 103 Å². The third-order valence-corrected chi connectivity index (χ3v) is 4.82. The van der Waals surface area contributed by atoms with Crippen molar-refractivity contribution in [3.8, 4) is 0 Å². The van der Waals surface area contributed by atoms with Gasteiger partial charge in [-0.15, -0.1) is 0 Å². The predicted molar refractivity (Wildman–Crippen MR) is 65.0 cm³/mol. The van der Waals surface area contributed by atoms with E-state index in [1.54, 1.807) is 20.8 Å². The molecule has 1 saturated carbocycles. The van der Waals surface area contributed by atoms with Gasteiger partial charge in [0.1, 0.15) is 6.54 Å². The number of rotatable bonds is 7. The van der Waals surface area contributed by atoms with E-state index in [4.69, 9.17) is 4.74 Å². The normalized spacial score (nSPS) is 16.5. The van der Waals surface area contributed by atoms with Crippen LogP contribution < -0.4 is 0 Å². The predicted octanol–water partition coefficient (Wildman–Crippen LogP) is 1.000. The fraction of sp³-hybridized carbons (Fsp3) is 0.909. The molecule has 0 bridgehead atoms. The van der Waals surface area contributed by atoms with Gasteiger partial charge in [-0.3, -0.25) is 4.79 Å². The molecule has 0 aliphatic heterocycles. The summed E-state index contributed by atoms with van der Waals surface area (Å²) in [4.78, 5) is 11.4. The number of nitrogens with zero attached hydrogens (tertiary/aromatic N) is 1. The summed E-state index contributed by atoms with van der Waals surface area (Å²) in [5.41, 5.74) is 0. The van der Waals surface area contributed by atoms with Crippen LogP contribution in [0.3, 0.4) is 0 Å². The second-order valence-electron chi connectivity index (χ2n) is 4.67. The second-order valence-corrected chi connectivity index (χ2v) is 6.63. The van der Waals surface area contributed by atoms with Crippen LogP contribution in [0.25, 0.3) is 0 Å². The fourth-order valence-electron chi connectivity index (χ4n) is 1.61. The molecule has 5 nitrogen and oxygen atoms in total.